The summed E-state index contributed by atoms with van der Waals surface area (Å²) in [7, 11) is 0. The van der Waals surface area contributed by atoms with E-state index in [0.717, 1.165) is 29.1 Å². The van der Waals surface area contributed by atoms with Crippen molar-refractivity contribution in [1.29, 1.82) is 0 Å². The van der Waals surface area contributed by atoms with Gasteiger partial charge in [-0.1, -0.05) is 27.7 Å². The van der Waals surface area contributed by atoms with E-state index in [-0.39, 0.29) is 0 Å². The lowest BCUT2D eigenvalue weighted by molar-refractivity contribution is -0.193. The molecule has 0 N–H and O–H groups in total. The third-order valence-electron chi connectivity index (χ3n) is 4.72. The Kier molecular flexibility index (Phi) is 1.41. The first-order valence-electron chi connectivity index (χ1n) is 5.06. The van der Waals surface area contributed by atoms with Crippen molar-refractivity contribution in [2.45, 2.75) is 40.5 Å². The molecular formula is C11H20. The van der Waals surface area contributed by atoms with Gasteiger partial charge >= 0.3 is 0 Å². The van der Waals surface area contributed by atoms with E-state index in [9.17, 15) is 0 Å². The van der Waals surface area contributed by atoms with Gasteiger partial charge in [-0.25, -0.2) is 0 Å². The van der Waals surface area contributed by atoms with Crippen molar-refractivity contribution in [1.82, 2.24) is 0 Å². The van der Waals surface area contributed by atoms with E-state index in [0.29, 0.717) is 0 Å². The molecule has 2 saturated carbocycles. The highest BCUT2D eigenvalue weighted by Gasteiger charge is 2.61. The first-order valence-corrected chi connectivity index (χ1v) is 5.06. The Morgan fingerprint density at radius 2 is 1.91 bits per heavy atom. The van der Waals surface area contributed by atoms with E-state index in [2.05, 4.69) is 27.7 Å². The minimum atomic E-state index is 0.758. The molecule has 0 radical (unpaired) electrons. The Bertz CT molecular complexity index is 165. The number of rotatable bonds is 1. The lowest BCUT2D eigenvalue weighted by Gasteiger charge is -2.68. The highest BCUT2D eigenvalue weighted by molar-refractivity contribution is 5.10. The van der Waals surface area contributed by atoms with Gasteiger partial charge in [-0.05, 0) is 41.9 Å². The fourth-order valence-electron chi connectivity index (χ4n) is 3.59. The molecule has 2 aliphatic carbocycles. The summed E-state index contributed by atoms with van der Waals surface area (Å²) >= 11 is 0. The molecule has 4 unspecified atom stereocenters. The second-order valence-corrected chi connectivity index (χ2v) is 5.29. The first kappa shape index (κ1) is 7.64. The summed E-state index contributed by atoms with van der Waals surface area (Å²) in [5.41, 5.74) is 0.758. The van der Waals surface area contributed by atoms with Crippen LogP contribution in [0.25, 0.3) is 0 Å². The van der Waals surface area contributed by atoms with E-state index in [1.165, 1.54) is 12.8 Å². The fourth-order valence-corrected chi connectivity index (χ4v) is 3.59. The van der Waals surface area contributed by atoms with Crippen LogP contribution in [0.2, 0.25) is 0 Å². The standard InChI is InChI=1S/C11H20/c1-7(2)10-6-9-5-8(3)11(9,10)4/h7-10H,5-6H2,1-4H3. The smallest absolute Gasteiger partial charge is 0.0241 e. The summed E-state index contributed by atoms with van der Waals surface area (Å²) in [5.74, 6) is 4.06. The van der Waals surface area contributed by atoms with Crippen molar-refractivity contribution in [3.05, 3.63) is 0 Å². The van der Waals surface area contributed by atoms with Crippen LogP contribution in [0.4, 0.5) is 0 Å². The Morgan fingerprint density at radius 1 is 1.27 bits per heavy atom. The zero-order valence-corrected chi connectivity index (χ0v) is 8.22. The van der Waals surface area contributed by atoms with Gasteiger partial charge in [0.15, 0.2) is 0 Å². The topological polar surface area (TPSA) is 0 Å². The molecule has 0 aliphatic heterocycles. The number of hydrogen-bond donors (Lipinski definition) is 0. The van der Waals surface area contributed by atoms with Crippen LogP contribution in [0, 0.1) is 29.1 Å². The van der Waals surface area contributed by atoms with Gasteiger partial charge in [-0.2, -0.15) is 0 Å². The highest BCUT2D eigenvalue weighted by Crippen LogP contribution is 2.69. The molecule has 0 heteroatoms. The third-order valence-corrected chi connectivity index (χ3v) is 4.72. The highest BCUT2D eigenvalue weighted by atomic mass is 14.7. The zero-order chi connectivity index (χ0) is 8.22. The van der Waals surface area contributed by atoms with Gasteiger partial charge in [-0.3, -0.25) is 0 Å². The van der Waals surface area contributed by atoms with Crippen molar-refractivity contribution in [3.8, 4) is 0 Å². The summed E-state index contributed by atoms with van der Waals surface area (Å²) in [4.78, 5) is 0. The van der Waals surface area contributed by atoms with Gasteiger partial charge in [0.25, 0.3) is 0 Å². The monoisotopic (exact) mass is 152 g/mol. The maximum Gasteiger partial charge on any atom is -0.0241 e. The minimum Gasteiger partial charge on any atom is -0.0625 e. The molecule has 0 heterocycles. The Labute approximate surface area is 70.4 Å². The van der Waals surface area contributed by atoms with Crippen LogP contribution < -0.4 is 0 Å². The third kappa shape index (κ3) is 0.711. The molecule has 0 bridgehead atoms. The molecule has 0 spiro atoms. The molecule has 64 valence electrons. The molecule has 0 aromatic rings. The maximum absolute atomic E-state index is 2.51. The maximum atomic E-state index is 2.51. The lowest BCUT2D eigenvalue weighted by atomic mass is 9.37. The summed E-state index contributed by atoms with van der Waals surface area (Å²) in [6, 6.07) is 0. The van der Waals surface area contributed by atoms with Crippen LogP contribution in [-0.4, -0.2) is 0 Å². The molecule has 4 atom stereocenters. The van der Waals surface area contributed by atoms with Crippen molar-refractivity contribution in [2.75, 3.05) is 0 Å². The van der Waals surface area contributed by atoms with Gasteiger partial charge < -0.3 is 0 Å². The molecule has 0 aromatic heterocycles. The normalized spacial score (nSPS) is 54.8. The average Bonchev–Trinajstić information content (AvgIpc) is 1.95. The average molecular weight is 152 g/mol. The SMILES string of the molecule is CC(C)C1CC2CC(C)C21C. The van der Waals surface area contributed by atoms with Gasteiger partial charge in [0.2, 0.25) is 0 Å². The van der Waals surface area contributed by atoms with Gasteiger partial charge in [0, 0.05) is 0 Å². The van der Waals surface area contributed by atoms with Crippen molar-refractivity contribution >= 4 is 0 Å². The second kappa shape index (κ2) is 2.02. The Hall–Kier alpha value is 0. The molecular weight excluding hydrogens is 132 g/mol. The number of fused-ring (bicyclic) bond motifs is 1. The molecule has 2 fully saturated rings. The van der Waals surface area contributed by atoms with Crippen molar-refractivity contribution in [3.63, 3.8) is 0 Å². The van der Waals surface area contributed by atoms with E-state index in [1.54, 1.807) is 0 Å². The predicted molar refractivity (Wildman–Crippen MR) is 48.3 cm³/mol. The van der Waals surface area contributed by atoms with E-state index >= 15 is 0 Å². The zero-order valence-electron chi connectivity index (χ0n) is 8.22. The number of hydrogen-bond acceptors (Lipinski definition) is 0. The first-order chi connectivity index (χ1) is 5.06. The lowest BCUT2D eigenvalue weighted by Crippen LogP contribution is -2.61. The van der Waals surface area contributed by atoms with Crippen LogP contribution in [0.15, 0.2) is 0 Å². The summed E-state index contributed by atoms with van der Waals surface area (Å²) < 4.78 is 0. The van der Waals surface area contributed by atoms with E-state index < -0.39 is 0 Å². The molecule has 2 aliphatic rings. The molecule has 11 heavy (non-hydrogen) atoms. The Balaban J connectivity index is 2.08. The van der Waals surface area contributed by atoms with Gasteiger partial charge in [0.05, 0.1) is 0 Å². The second-order valence-electron chi connectivity index (χ2n) is 5.29. The molecule has 2 rings (SSSR count). The summed E-state index contributed by atoms with van der Waals surface area (Å²) in [6.07, 6.45) is 3.04. The van der Waals surface area contributed by atoms with Crippen LogP contribution in [-0.2, 0) is 0 Å². The van der Waals surface area contributed by atoms with E-state index in [1.807, 2.05) is 0 Å². The predicted octanol–water partition coefficient (Wildman–Crippen LogP) is 3.32. The van der Waals surface area contributed by atoms with Crippen LogP contribution >= 0.6 is 0 Å². The van der Waals surface area contributed by atoms with Crippen LogP contribution in [0.5, 0.6) is 0 Å². The Morgan fingerprint density at radius 3 is 2.18 bits per heavy atom. The summed E-state index contributed by atoms with van der Waals surface area (Å²) in [6.45, 7) is 9.72. The van der Waals surface area contributed by atoms with Gasteiger partial charge in [-0.15, -0.1) is 0 Å². The molecule has 0 amide bonds. The molecule has 0 nitrogen and oxygen atoms in total. The van der Waals surface area contributed by atoms with Crippen molar-refractivity contribution in [2.24, 2.45) is 29.1 Å². The minimum absolute atomic E-state index is 0.758. The fraction of sp³-hybridized carbons (Fsp3) is 1.00. The quantitative estimate of drug-likeness (QED) is 0.540. The van der Waals surface area contributed by atoms with Gasteiger partial charge in [0.1, 0.15) is 0 Å². The summed E-state index contributed by atoms with van der Waals surface area (Å²) in [5, 5.41) is 0. The van der Waals surface area contributed by atoms with Crippen LogP contribution in [0.3, 0.4) is 0 Å². The van der Waals surface area contributed by atoms with Crippen LogP contribution in [0.1, 0.15) is 40.5 Å². The van der Waals surface area contributed by atoms with Crippen molar-refractivity contribution < 1.29 is 0 Å². The molecule has 0 saturated heterocycles. The molecule has 0 aromatic carbocycles. The largest absolute Gasteiger partial charge is 0.0625 e. The van der Waals surface area contributed by atoms with E-state index in [4.69, 9.17) is 0 Å².